The van der Waals surface area contributed by atoms with Gasteiger partial charge in [-0.2, -0.15) is 18.0 Å². The monoisotopic (exact) mass is 594 g/mol. The minimum atomic E-state index is -4.56. The van der Waals surface area contributed by atoms with Gasteiger partial charge >= 0.3 is 12.1 Å². The quantitative estimate of drug-likeness (QED) is 0.264. The Labute approximate surface area is 247 Å². The zero-order valence-corrected chi connectivity index (χ0v) is 24.4. The molecule has 2 N–H and O–H groups in total. The van der Waals surface area contributed by atoms with Gasteiger partial charge in [-0.3, -0.25) is 0 Å². The van der Waals surface area contributed by atoms with Crippen LogP contribution in [0.4, 0.5) is 24.8 Å². The van der Waals surface area contributed by atoms with Gasteiger partial charge in [0.05, 0.1) is 18.7 Å². The number of fused-ring (bicyclic) bond motifs is 1. The van der Waals surface area contributed by atoms with Gasteiger partial charge in [-0.15, -0.1) is 5.10 Å². The Bertz CT molecular complexity index is 1650. The number of tetrazole rings is 1. The predicted molar refractivity (Wildman–Crippen MR) is 155 cm³/mol. The van der Waals surface area contributed by atoms with Crippen molar-refractivity contribution in [1.29, 1.82) is 0 Å². The highest BCUT2D eigenvalue weighted by atomic mass is 19.4. The summed E-state index contributed by atoms with van der Waals surface area (Å²) in [6.07, 6.45) is -3.33. The summed E-state index contributed by atoms with van der Waals surface area (Å²) >= 11 is 0. The van der Waals surface area contributed by atoms with E-state index in [1.807, 2.05) is 23.6 Å². The van der Waals surface area contributed by atoms with Crippen molar-refractivity contribution in [1.82, 2.24) is 20.2 Å². The number of hydrogen-bond acceptors (Lipinski definition) is 7. The van der Waals surface area contributed by atoms with Gasteiger partial charge in [-0.25, -0.2) is 4.79 Å². The summed E-state index contributed by atoms with van der Waals surface area (Å²) in [5.74, 6) is -1.29. The molecule has 0 saturated heterocycles. The number of benzene rings is 3. The van der Waals surface area contributed by atoms with Crippen LogP contribution in [0, 0.1) is 20.8 Å². The molecule has 9 nitrogen and oxygen atoms in total. The molecule has 1 aliphatic rings. The Kier molecular flexibility index (Phi) is 8.04. The number of aryl methyl sites for hydroxylation is 4. The molecule has 0 bridgehead atoms. The van der Waals surface area contributed by atoms with Gasteiger partial charge in [-0.1, -0.05) is 46.6 Å². The van der Waals surface area contributed by atoms with Gasteiger partial charge in [0.15, 0.2) is 0 Å². The second-order valence-corrected chi connectivity index (χ2v) is 11.2. The second-order valence-electron chi connectivity index (χ2n) is 11.2. The fourth-order valence-corrected chi connectivity index (χ4v) is 5.94. The summed E-state index contributed by atoms with van der Waals surface area (Å²) in [6, 6.07) is 12.9. The molecule has 1 atom stereocenters. The molecule has 3 aromatic carbocycles. The minimum absolute atomic E-state index is 0.106. The molecule has 0 radical (unpaired) electrons. The number of rotatable bonds is 7. The second kappa shape index (κ2) is 11.6. The van der Waals surface area contributed by atoms with Crippen LogP contribution in [0.1, 0.15) is 68.2 Å². The first kappa shape index (κ1) is 29.9. The van der Waals surface area contributed by atoms with E-state index >= 15 is 0 Å². The number of aromatic hydroxyl groups is 1. The van der Waals surface area contributed by atoms with Crippen molar-refractivity contribution in [3.05, 3.63) is 93.0 Å². The van der Waals surface area contributed by atoms with Crippen molar-refractivity contribution in [2.45, 2.75) is 58.9 Å². The molecule has 43 heavy (non-hydrogen) atoms. The lowest BCUT2D eigenvalue weighted by Crippen LogP contribution is -2.30. The molecule has 226 valence electrons. The maximum Gasteiger partial charge on any atom is 0.416 e. The summed E-state index contributed by atoms with van der Waals surface area (Å²) < 4.78 is 42.6. The Hall–Kier alpha value is -4.61. The number of carboxylic acid groups (broad SMARTS) is 1. The van der Waals surface area contributed by atoms with Crippen LogP contribution < -0.4 is 9.80 Å². The molecule has 0 amide bonds. The Balaban J connectivity index is 1.64. The van der Waals surface area contributed by atoms with Gasteiger partial charge in [-0.05, 0) is 79.3 Å². The van der Waals surface area contributed by atoms with E-state index in [1.165, 1.54) is 29.9 Å². The SMILES string of the molecule is Cc1cc(C)cc(CN(c2nnn(C)n2)[C@H]2CCCN(Cc3ccc(O)c(C(=O)O)c3)c3cc(C(F)(F)F)c(C)cc32)c1. The number of carboxylic acids is 1. The van der Waals surface area contributed by atoms with Crippen LogP contribution >= 0.6 is 0 Å². The highest BCUT2D eigenvalue weighted by Gasteiger charge is 2.37. The summed E-state index contributed by atoms with van der Waals surface area (Å²) in [4.78, 5) is 16.8. The molecule has 2 heterocycles. The number of hydrogen-bond donors (Lipinski definition) is 2. The third kappa shape index (κ3) is 6.42. The summed E-state index contributed by atoms with van der Waals surface area (Å²) in [7, 11) is 1.66. The molecule has 0 saturated carbocycles. The van der Waals surface area contributed by atoms with E-state index < -0.39 is 17.7 Å². The van der Waals surface area contributed by atoms with Gasteiger partial charge < -0.3 is 20.0 Å². The largest absolute Gasteiger partial charge is 0.507 e. The molecular weight excluding hydrogens is 561 g/mol. The van der Waals surface area contributed by atoms with Crippen molar-refractivity contribution in [2.24, 2.45) is 7.05 Å². The van der Waals surface area contributed by atoms with E-state index in [2.05, 4.69) is 33.6 Å². The lowest BCUT2D eigenvalue weighted by Gasteiger charge is -2.33. The summed E-state index contributed by atoms with van der Waals surface area (Å²) in [5.41, 5.74) is 3.96. The highest BCUT2D eigenvalue weighted by Crippen LogP contribution is 2.44. The normalized spacial score (nSPS) is 15.2. The number of phenols is 1. The van der Waals surface area contributed by atoms with E-state index in [1.54, 1.807) is 19.2 Å². The minimum Gasteiger partial charge on any atom is -0.507 e. The number of carbonyl (C=O) groups is 1. The van der Waals surface area contributed by atoms with Crippen molar-refractivity contribution < 1.29 is 28.2 Å². The molecule has 0 unspecified atom stereocenters. The average molecular weight is 595 g/mol. The maximum absolute atomic E-state index is 14.2. The van der Waals surface area contributed by atoms with Crippen LogP contribution in [0.25, 0.3) is 0 Å². The number of nitrogens with zero attached hydrogens (tertiary/aromatic N) is 6. The Morgan fingerprint density at radius 2 is 1.77 bits per heavy atom. The van der Waals surface area contributed by atoms with Crippen molar-refractivity contribution in [3.63, 3.8) is 0 Å². The Morgan fingerprint density at radius 3 is 2.40 bits per heavy atom. The van der Waals surface area contributed by atoms with Gasteiger partial charge in [0.2, 0.25) is 0 Å². The smallest absolute Gasteiger partial charge is 0.416 e. The van der Waals surface area contributed by atoms with E-state index in [9.17, 15) is 28.2 Å². The molecule has 5 rings (SSSR count). The van der Waals surface area contributed by atoms with Crippen LogP contribution in [0.5, 0.6) is 5.75 Å². The first-order valence-electron chi connectivity index (χ1n) is 13.9. The first-order chi connectivity index (χ1) is 20.3. The van der Waals surface area contributed by atoms with Crippen molar-refractivity contribution >= 4 is 17.6 Å². The van der Waals surface area contributed by atoms with E-state index in [0.717, 1.165) is 16.7 Å². The molecule has 4 aromatic rings. The number of aromatic carboxylic acids is 1. The van der Waals surface area contributed by atoms with Crippen LogP contribution in [-0.4, -0.2) is 42.9 Å². The van der Waals surface area contributed by atoms with Gasteiger partial charge in [0.25, 0.3) is 5.95 Å². The number of halogens is 3. The maximum atomic E-state index is 14.2. The molecule has 1 aromatic heterocycles. The number of anilines is 2. The number of alkyl halides is 3. The molecular formula is C31H33F3N6O3. The van der Waals surface area contributed by atoms with E-state index in [0.29, 0.717) is 48.7 Å². The van der Waals surface area contributed by atoms with Crippen molar-refractivity contribution in [3.8, 4) is 5.75 Å². The summed E-state index contributed by atoms with van der Waals surface area (Å²) in [5, 5.41) is 32.3. The van der Waals surface area contributed by atoms with Crippen LogP contribution in [-0.2, 0) is 26.3 Å². The topological polar surface area (TPSA) is 108 Å². The van der Waals surface area contributed by atoms with Gasteiger partial charge in [0.1, 0.15) is 11.3 Å². The highest BCUT2D eigenvalue weighted by molar-refractivity contribution is 5.91. The fraction of sp³-hybridized carbons (Fsp3) is 0.355. The summed E-state index contributed by atoms with van der Waals surface area (Å²) in [6.45, 7) is 6.49. The zero-order valence-electron chi connectivity index (χ0n) is 24.4. The molecule has 0 aliphatic carbocycles. The molecule has 12 heteroatoms. The van der Waals surface area contributed by atoms with Crippen LogP contribution in [0.2, 0.25) is 0 Å². The molecule has 0 spiro atoms. The van der Waals surface area contributed by atoms with Crippen LogP contribution in [0.3, 0.4) is 0 Å². The molecule has 1 aliphatic heterocycles. The third-order valence-corrected chi connectivity index (χ3v) is 7.71. The standard InChI is InChI=1S/C31H33F3N6O3/c1-18-10-19(2)12-22(11-18)17-40(30-35-37-38(4)36-30)26-6-5-9-39(16-21-7-8-28(41)24(14-21)29(42)43)27-15-25(31(32,33)34)20(3)13-23(26)27/h7-8,10-15,26,41H,5-6,9,16-17H2,1-4H3,(H,42,43)/t26-/m0/s1. The van der Waals surface area contributed by atoms with Crippen LogP contribution in [0.15, 0.2) is 48.5 Å². The zero-order chi connectivity index (χ0) is 31.1. The Morgan fingerprint density at radius 1 is 1.05 bits per heavy atom. The van der Waals surface area contributed by atoms with Gasteiger partial charge in [0, 0.05) is 25.3 Å². The molecule has 0 fully saturated rings. The average Bonchev–Trinajstić information content (AvgIpc) is 3.27. The predicted octanol–water partition coefficient (Wildman–Crippen LogP) is 6.11. The van der Waals surface area contributed by atoms with E-state index in [-0.39, 0.29) is 29.5 Å². The van der Waals surface area contributed by atoms with Crippen molar-refractivity contribution in [2.75, 3.05) is 16.3 Å². The lowest BCUT2D eigenvalue weighted by molar-refractivity contribution is -0.138. The lowest BCUT2D eigenvalue weighted by atomic mass is 9.94. The van der Waals surface area contributed by atoms with E-state index in [4.69, 9.17) is 0 Å². The third-order valence-electron chi connectivity index (χ3n) is 7.71. The number of aromatic nitrogens is 4. The fourth-order valence-electron chi connectivity index (χ4n) is 5.94. The first-order valence-corrected chi connectivity index (χ1v) is 13.9.